The molecule has 2 N–H and O–H groups in total. The molecule has 5 heteroatoms. The van der Waals surface area contributed by atoms with E-state index < -0.39 is 0 Å². The van der Waals surface area contributed by atoms with Crippen LogP contribution >= 0.6 is 0 Å². The van der Waals surface area contributed by atoms with Crippen molar-refractivity contribution in [2.24, 2.45) is 10.9 Å². The molecule has 1 rings (SSSR count). The van der Waals surface area contributed by atoms with Crippen LogP contribution in [0.4, 0.5) is 5.69 Å². The zero-order valence-electron chi connectivity index (χ0n) is 15.2. The molecule has 0 atom stereocenters. The fourth-order valence-corrected chi connectivity index (χ4v) is 1.98. The van der Waals surface area contributed by atoms with Gasteiger partial charge in [0, 0.05) is 46.5 Å². The van der Waals surface area contributed by atoms with Crippen molar-refractivity contribution < 1.29 is 4.74 Å². The number of aliphatic imine (C=N–C) groups is 1. The minimum atomic E-state index is 0.691. The molecule has 1 aromatic rings. The van der Waals surface area contributed by atoms with Crippen molar-refractivity contribution >= 4 is 11.6 Å². The van der Waals surface area contributed by atoms with Crippen molar-refractivity contribution in [3.05, 3.63) is 29.8 Å². The third-order valence-corrected chi connectivity index (χ3v) is 3.51. The van der Waals surface area contributed by atoms with Crippen LogP contribution < -0.4 is 15.5 Å². The zero-order valence-corrected chi connectivity index (χ0v) is 15.2. The Bertz CT molecular complexity index is 455. The van der Waals surface area contributed by atoms with Crippen molar-refractivity contribution in [1.82, 2.24) is 10.6 Å². The lowest BCUT2D eigenvalue weighted by Crippen LogP contribution is -2.38. The molecular weight excluding hydrogens is 288 g/mol. The summed E-state index contributed by atoms with van der Waals surface area (Å²) in [6, 6.07) is 8.50. The highest BCUT2D eigenvalue weighted by atomic mass is 16.5. The molecule has 0 saturated heterocycles. The Morgan fingerprint density at radius 2 is 1.83 bits per heavy atom. The van der Waals surface area contributed by atoms with Crippen molar-refractivity contribution in [1.29, 1.82) is 0 Å². The lowest BCUT2D eigenvalue weighted by molar-refractivity contribution is 0.128. The summed E-state index contributed by atoms with van der Waals surface area (Å²) in [4.78, 5) is 6.32. The Balaban J connectivity index is 2.23. The van der Waals surface area contributed by atoms with E-state index in [1.807, 2.05) is 14.1 Å². The molecule has 0 aliphatic carbocycles. The van der Waals surface area contributed by atoms with Crippen LogP contribution in [0.15, 0.2) is 29.3 Å². The Kier molecular flexibility index (Phi) is 9.14. The summed E-state index contributed by atoms with van der Waals surface area (Å²) < 4.78 is 5.59. The van der Waals surface area contributed by atoms with E-state index in [1.54, 1.807) is 7.05 Å². The van der Waals surface area contributed by atoms with E-state index in [1.165, 1.54) is 11.3 Å². The van der Waals surface area contributed by atoms with E-state index in [2.05, 4.69) is 58.6 Å². The molecule has 5 nitrogen and oxygen atoms in total. The van der Waals surface area contributed by atoms with Crippen LogP contribution in [0.3, 0.4) is 0 Å². The number of anilines is 1. The van der Waals surface area contributed by atoms with Crippen LogP contribution in [0.25, 0.3) is 0 Å². The molecular formula is C18H32N4O. The van der Waals surface area contributed by atoms with Gasteiger partial charge in [0.25, 0.3) is 0 Å². The molecule has 0 heterocycles. The Morgan fingerprint density at radius 3 is 2.39 bits per heavy atom. The topological polar surface area (TPSA) is 48.9 Å². The molecule has 0 aliphatic rings. The molecule has 130 valence electrons. The lowest BCUT2D eigenvalue weighted by Gasteiger charge is -2.14. The summed E-state index contributed by atoms with van der Waals surface area (Å²) in [6.45, 7) is 7.45. The minimum Gasteiger partial charge on any atom is -0.380 e. The number of guanidine groups is 1. The SMILES string of the molecule is CN=C(NCCOCCC(C)C)NCc1ccc(N(C)C)cc1. The summed E-state index contributed by atoms with van der Waals surface area (Å²) in [5.74, 6) is 1.49. The average molecular weight is 320 g/mol. The molecule has 0 bridgehead atoms. The maximum absolute atomic E-state index is 5.59. The number of nitrogens with zero attached hydrogens (tertiary/aromatic N) is 2. The Morgan fingerprint density at radius 1 is 1.13 bits per heavy atom. The van der Waals surface area contributed by atoms with Crippen molar-refractivity contribution in [3.8, 4) is 0 Å². The van der Waals surface area contributed by atoms with Crippen molar-refractivity contribution in [3.63, 3.8) is 0 Å². The van der Waals surface area contributed by atoms with Gasteiger partial charge in [-0.3, -0.25) is 4.99 Å². The van der Waals surface area contributed by atoms with Gasteiger partial charge in [0.05, 0.1) is 6.61 Å². The van der Waals surface area contributed by atoms with Crippen LogP contribution in [-0.2, 0) is 11.3 Å². The van der Waals surface area contributed by atoms with Gasteiger partial charge >= 0.3 is 0 Å². The van der Waals surface area contributed by atoms with E-state index in [-0.39, 0.29) is 0 Å². The highest BCUT2D eigenvalue weighted by Gasteiger charge is 2.00. The first-order valence-electron chi connectivity index (χ1n) is 8.31. The van der Waals surface area contributed by atoms with Gasteiger partial charge < -0.3 is 20.3 Å². The van der Waals surface area contributed by atoms with Gasteiger partial charge in [0.15, 0.2) is 5.96 Å². The third kappa shape index (κ3) is 8.45. The second-order valence-corrected chi connectivity index (χ2v) is 6.21. The number of benzene rings is 1. The van der Waals surface area contributed by atoms with Gasteiger partial charge in [-0.25, -0.2) is 0 Å². The third-order valence-electron chi connectivity index (χ3n) is 3.51. The standard InChI is InChI=1S/C18H32N4O/c1-15(2)10-12-23-13-11-20-18(19-3)21-14-16-6-8-17(9-7-16)22(4)5/h6-9,15H,10-14H2,1-5H3,(H2,19,20,21). The zero-order chi connectivity index (χ0) is 17.1. The molecule has 0 amide bonds. The van der Waals surface area contributed by atoms with Gasteiger partial charge in [0.2, 0.25) is 0 Å². The van der Waals surface area contributed by atoms with Crippen LogP contribution in [0.2, 0.25) is 0 Å². The number of ether oxygens (including phenoxy) is 1. The van der Waals surface area contributed by atoms with Crippen LogP contribution in [-0.4, -0.2) is 46.9 Å². The van der Waals surface area contributed by atoms with E-state index >= 15 is 0 Å². The van der Waals surface area contributed by atoms with Gasteiger partial charge in [-0.1, -0.05) is 26.0 Å². The molecule has 0 aliphatic heterocycles. The molecule has 0 radical (unpaired) electrons. The minimum absolute atomic E-state index is 0.691. The Labute approximate surface area is 141 Å². The number of nitrogens with one attached hydrogen (secondary N) is 2. The molecule has 0 unspecified atom stereocenters. The van der Waals surface area contributed by atoms with Crippen LogP contribution in [0.1, 0.15) is 25.8 Å². The fraction of sp³-hybridized carbons (Fsp3) is 0.611. The van der Waals surface area contributed by atoms with E-state index in [4.69, 9.17) is 4.74 Å². The van der Waals surface area contributed by atoms with Crippen LogP contribution in [0.5, 0.6) is 0 Å². The molecule has 0 saturated carbocycles. The van der Waals surface area contributed by atoms with Crippen molar-refractivity contribution in [2.45, 2.75) is 26.8 Å². The fourth-order valence-electron chi connectivity index (χ4n) is 1.98. The monoisotopic (exact) mass is 320 g/mol. The summed E-state index contributed by atoms with van der Waals surface area (Å²) in [5.41, 5.74) is 2.43. The number of hydrogen-bond acceptors (Lipinski definition) is 3. The van der Waals surface area contributed by atoms with Crippen LogP contribution in [0, 0.1) is 5.92 Å². The van der Waals surface area contributed by atoms with Gasteiger partial charge in [-0.15, -0.1) is 0 Å². The normalized spacial score (nSPS) is 11.7. The second-order valence-electron chi connectivity index (χ2n) is 6.21. The Hall–Kier alpha value is -1.75. The molecule has 23 heavy (non-hydrogen) atoms. The first-order chi connectivity index (χ1) is 11.0. The summed E-state index contributed by atoms with van der Waals surface area (Å²) in [5, 5.41) is 6.58. The highest BCUT2D eigenvalue weighted by Crippen LogP contribution is 2.11. The first kappa shape index (κ1) is 19.3. The molecule has 0 spiro atoms. The van der Waals surface area contributed by atoms with E-state index in [9.17, 15) is 0 Å². The predicted octanol–water partition coefficient (Wildman–Crippen LogP) is 2.48. The number of hydrogen-bond donors (Lipinski definition) is 2. The van der Waals surface area contributed by atoms with Gasteiger partial charge in [-0.2, -0.15) is 0 Å². The summed E-state index contributed by atoms with van der Waals surface area (Å²) in [6.07, 6.45) is 1.11. The summed E-state index contributed by atoms with van der Waals surface area (Å²) in [7, 11) is 5.87. The lowest BCUT2D eigenvalue weighted by atomic mass is 10.1. The van der Waals surface area contributed by atoms with E-state index in [0.29, 0.717) is 12.5 Å². The predicted molar refractivity (Wildman–Crippen MR) is 99.2 cm³/mol. The second kappa shape index (κ2) is 10.9. The largest absolute Gasteiger partial charge is 0.380 e. The molecule has 1 aromatic carbocycles. The quantitative estimate of drug-likeness (QED) is 0.417. The highest BCUT2D eigenvalue weighted by molar-refractivity contribution is 5.79. The smallest absolute Gasteiger partial charge is 0.191 e. The van der Waals surface area contributed by atoms with Gasteiger partial charge in [0.1, 0.15) is 0 Å². The van der Waals surface area contributed by atoms with E-state index in [0.717, 1.165) is 32.1 Å². The summed E-state index contributed by atoms with van der Waals surface area (Å²) >= 11 is 0. The average Bonchev–Trinajstić information content (AvgIpc) is 2.53. The number of rotatable bonds is 9. The molecule has 0 fully saturated rings. The molecule has 0 aromatic heterocycles. The maximum Gasteiger partial charge on any atom is 0.191 e. The maximum atomic E-state index is 5.59. The van der Waals surface area contributed by atoms with Crippen molar-refractivity contribution in [2.75, 3.05) is 45.8 Å². The van der Waals surface area contributed by atoms with Gasteiger partial charge in [-0.05, 0) is 30.0 Å². The first-order valence-corrected chi connectivity index (χ1v) is 8.31.